The molecule has 0 radical (unpaired) electrons. The van der Waals surface area contributed by atoms with Gasteiger partial charge in [-0.1, -0.05) is 41.9 Å². The first-order chi connectivity index (χ1) is 13.1. The summed E-state index contributed by atoms with van der Waals surface area (Å²) in [7, 11) is 0. The van der Waals surface area contributed by atoms with Crippen LogP contribution >= 0.6 is 11.6 Å². The number of carbonyl (C=O) groups excluding carboxylic acids is 2. The molecule has 27 heavy (non-hydrogen) atoms. The summed E-state index contributed by atoms with van der Waals surface area (Å²) in [5.41, 5.74) is 1.47. The molecule has 7 heteroatoms. The van der Waals surface area contributed by atoms with Crippen LogP contribution in [0.4, 0.5) is 11.4 Å². The van der Waals surface area contributed by atoms with E-state index in [1.54, 1.807) is 12.1 Å². The van der Waals surface area contributed by atoms with E-state index < -0.39 is 0 Å². The number of amides is 2. The summed E-state index contributed by atoms with van der Waals surface area (Å²) in [6, 6.07) is 16.7. The van der Waals surface area contributed by atoms with E-state index in [1.165, 1.54) is 9.80 Å². The summed E-state index contributed by atoms with van der Waals surface area (Å²) in [5, 5.41) is 6.33. The summed E-state index contributed by atoms with van der Waals surface area (Å²) in [6.45, 7) is 4.34. The van der Waals surface area contributed by atoms with Gasteiger partial charge in [-0.15, -0.1) is 0 Å². The Morgan fingerprint density at radius 1 is 0.778 bits per heavy atom. The van der Waals surface area contributed by atoms with Gasteiger partial charge in [0.15, 0.2) is 13.1 Å². The Balaban J connectivity index is 1.39. The van der Waals surface area contributed by atoms with Crippen molar-refractivity contribution in [2.24, 2.45) is 0 Å². The van der Waals surface area contributed by atoms with Gasteiger partial charge in [-0.3, -0.25) is 9.59 Å². The minimum absolute atomic E-state index is 0.0242. The molecule has 0 atom stereocenters. The zero-order valence-corrected chi connectivity index (χ0v) is 15.9. The number of nitrogens with one attached hydrogen (secondary N) is 4. The van der Waals surface area contributed by atoms with Gasteiger partial charge in [-0.25, -0.2) is 0 Å². The number of rotatable bonds is 6. The second-order valence-corrected chi connectivity index (χ2v) is 7.20. The predicted molar refractivity (Wildman–Crippen MR) is 106 cm³/mol. The van der Waals surface area contributed by atoms with Crippen LogP contribution in [0.1, 0.15) is 0 Å². The van der Waals surface area contributed by atoms with Crippen molar-refractivity contribution in [3.63, 3.8) is 0 Å². The molecule has 1 aliphatic heterocycles. The van der Waals surface area contributed by atoms with E-state index in [2.05, 4.69) is 10.6 Å². The third-order valence-electron chi connectivity index (χ3n) is 4.69. The van der Waals surface area contributed by atoms with Crippen LogP contribution in [-0.4, -0.2) is 51.1 Å². The zero-order valence-electron chi connectivity index (χ0n) is 15.1. The lowest BCUT2D eigenvalue weighted by Gasteiger charge is -2.29. The molecule has 0 unspecified atom stereocenters. The van der Waals surface area contributed by atoms with Crippen LogP contribution in [0.3, 0.4) is 0 Å². The lowest BCUT2D eigenvalue weighted by Crippen LogP contribution is -3.28. The highest BCUT2D eigenvalue weighted by atomic mass is 35.5. The van der Waals surface area contributed by atoms with Crippen molar-refractivity contribution < 1.29 is 19.4 Å². The standard InChI is InChI=1S/C20H23ClN4O2/c21-17-8-4-5-9-18(17)23-20(27)15-25-12-10-24(11-13-25)14-19(26)22-16-6-2-1-3-7-16/h1-9H,10-15H2,(H,22,26)(H,23,27)/p+2. The first kappa shape index (κ1) is 19.4. The molecule has 1 aliphatic rings. The summed E-state index contributed by atoms with van der Waals surface area (Å²) >= 11 is 6.07. The van der Waals surface area contributed by atoms with Gasteiger partial charge in [0.2, 0.25) is 0 Å². The quantitative estimate of drug-likeness (QED) is 0.549. The molecule has 1 heterocycles. The number of benzene rings is 2. The van der Waals surface area contributed by atoms with Crippen molar-refractivity contribution in [2.75, 3.05) is 49.9 Å². The van der Waals surface area contributed by atoms with Gasteiger partial charge in [-0.2, -0.15) is 0 Å². The highest BCUT2D eigenvalue weighted by Crippen LogP contribution is 2.19. The average molecular weight is 389 g/mol. The van der Waals surface area contributed by atoms with E-state index in [-0.39, 0.29) is 11.8 Å². The molecule has 0 bridgehead atoms. The van der Waals surface area contributed by atoms with Gasteiger partial charge in [0.25, 0.3) is 11.8 Å². The zero-order chi connectivity index (χ0) is 19.1. The summed E-state index contributed by atoms with van der Waals surface area (Å²) < 4.78 is 0. The van der Waals surface area contributed by atoms with Crippen molar-refractivity contribution in [1.29, 1.82) is 0 Å². The summed E-state index contributed by atoms with van der Waals surface area (Å²) in [4.78, 5) is 26.9. The van der Waals surface area contributed by atoms with Crippen molar-refractivity contribution in [3.05, 3.63) is 59.6 Å². The van der Waals surface area contributed by atoms with E-state index in [4.69, 9.17) is 11.6 Å². The predicted octanol–water partition coefficient (Wildman–Crippen LogP) is -0.299. The fourth-order valence-corrected chi connectivity index (χ4v) is 3.43. The van der Waals surface area contributed by atoms with Gasteiger partial charge in [0, 0.05) is 5.69 Å². The third-order valence-corrected chi connectivity index (χ3v) is 5.02. The van der Waals surface area contributed by atoms with Crippen LogP contribution in [0.5, 0.6) is 0 Å². The molecule has 1 saturated heterocycles. The molecular formula is C20H25ClN4O2+2. The fraction of sp³-hybridized carbons (Fsp3) is 0.300. The highest BCUT2D eigenvalue weighted by Gasteiger charge is 2.26. The first-order valence-corrected chi connectivity index (χ1v) is 9.54. The molecule has 6 nitrogen and oxygen atoms in total. The minimum Gasteiger partial charge on any atom is -0.321 e. The molecule has 142 valence electrons. The number of para-hydroxylation sites is 2. The monoisotopic (exact) mass is 388 g/mol. The van der Waals surface area contributed by atoms with Gasteiger partial charge in [-0.05, 0) is 24.3 Å². The van der Waals surface area contributed by atoms with Crippen LogP contribution in [0, 0.1) is 0 Å². The fourth-order valence-electron chi connectivity index (χ4n) is 3.25. The van der Waals surface area contributed by atoms with Crippen LogP contribution < -0.4 is 20.4 Å². The molecule has 1 fully saturated rings. The normalized spacial score (nSPS) is 19.3. The summed E-state index contributed by atoms with van der Waals surface area (Å²) in [6.07, 6.45) is 0. The number of hydrogen-bond donors (Lipinski definition) is 4. The van der Waals surface area contributed by atoms with Crippen LogP contribution in [-0.2, 0) is 9.59 Å². The Bertz CT molecular complexity index is 777. The molecule has 0 aliphatic carbocycles. The molecule has 2 aromatic carbocycles. The van der Waals surface area contributed by atoms with E-state index in [0.717, 1.165) is 31.9 Å². The molecular weight excluding hydrogens is 364 g/mol. The smallest absolute Gasteiger partial charge is 0.279 e. The molecule has 4 N–H and O–H groups in total. The molecule has 3 rings (SSSR count). The maximum Gasteiger partial charge on any atom is 0.279 e. The van der Waals surface area contributed by atoms with E-state index >= 15 is 0 Å². The Morgan fingerprint density at radius 3 is 1.89 bits per heavy atom. The van der Waals surface area contributed by atoms with Gasteiger partial charge >= 0.3 is 0 Å². The van der Waals surface area contributed by atoms with Gasteiger partial charge in [0.1, 0.15) is 26.2 Å². The average Bonchev–Trinajstić information content (AvgIpc) is 2.66. The molecule has 2 aromatic rings. The SMILES string of the molecule is O=C(C[NH+]1CC[NH+](CC(=O)Nc2ccccc2Cl)CC1)Nc1ccccc1. The maximum atomic E-state index is 12.2. The number of quaternary nitrogens is 2. The number of halogens is 1. The lowest BCUT2D eigenvalue weighted by atomic mass is 10.3. The Morgan fingerprint density at radius 2 is 1.30 bits per heavy atom. The minimum atomic E-state index is -0.0385. The molecule has 0 saturated carbocycles. The van der Waals surface area contributed by atoms with E-state index in [1.807, 2.05) is 42.5 Å². The topological polar surface area (TPSA) is 67.1 Å². The molecule has 2 amide bonds. The largest absolute Gasteiger partial charge is 0.321 e. The lowest BCUT2D eigenvalue weighted by molar-refractivity contribution is -1.00. The third kappa shape index (κ3) is 6.06. The Hall–Kier alpha value is -2.41. The van der Waals surface area contributed by atoms with Crippen molar-refractivity contribution in [3.8, 4) is 0 Å². The second kappa shape index (κ2) is 9.50. The van der Waals surface area contributed by atoms with Gasteiger partial charge in [0.05, 0.1) is 10.7 Å². The number of anilines is 2. The van der Waals surface area contributed by atoms with Gasteiger partial charge < -0.3 is 20.4 Å². The van der Waals surface area contributed by atoms with Crippen molar-refractivity contribution >= 4 is 34.8 Å². The van der Waals surface area contributed by atoms with Crippen LogP contribution in [0.2, 0.25) is 5.02 Å². The second-order valence-electron chi connectivity index (χ2n) is 6.80. The van der Waals surface area contributed by atoms with E-state index in [9.17, 15) is 9.59 Å². The Kier molecular flexibility index (Phi) is 6.81. The first-order valence-electron chi connectivity index (χ1n) is 9.16. The molecule has 0 spiro atoms. The number of carbonyl (C=O) groups is 2. The Labute approximate surface area is 164 Å². The summed E-state index contributed by atoms with van der Waals surface area (Å²) in [5.74, 6) is -0.0144. The maximum absolute atomic E-state index is 12.2. The van der Waals surface area contributed by atoms with Crippen molar-refractivity contribution in [1.82, 2.24) is 0 Å². The highest BCUT2D eigenvalue weighted by molar-refractivity contribution is 6.33. The van der Waals surface area contributed by atoms with Crippen molar-refractivity contribution in [2.45, 2.75) is 0 Å². The van der Waals surface area contributed by atoms with Crippen LogP contribution in [0.25, 0.3) is 0 Å². The van der Waals surface area contributed by atoms with Crippen LogP contribution in [0.15, 0.2) is 54.6 Å². The number of hydrogen-bond acceptors (Lipinski definition) is 2. The number of piperazine rings is 1. The van der Waals surface area contributed by atoms with E-state index in [0.29, 0.717) is 23.8 Å². The molecule has 0 aromatic heterocycles.